The van der Waals surface area contributed by atoms with Crippen LogP contribution in [0.5, 0.6) is 5.75 Å². The van der Waals surface area contributed by atoms with Gasteiger partial charge in [0.2, 0.25) is 0 Å². The Kier molecular flexibility index (Phi) is 8.59. The smallest absolute Gasteiger partial charge is 0.337 e. The summed E-state index contributed by atoms with van der Waals surface area (Å²) < 4.78 is 12.6. The number of hydrogen-bond donors (Lipinski definition) is 1. The SMILES string of the molecule is Cc1nc(C)c([C@H](OC(C)(C)C)C(=O)O)c(N2CCC(C)(C)CC2)c1-c1ccc(OCc2cnc(Cl)s2)cc1. The highest BCUT2D eigenvalue weighted by Crippen LogP contribution is 2.45. The van der Waals surface area contributed by atoms with Gasteiger partial charge in [-0.1, -0.05) is 37.6 Å². The zero-order valence-corrected chi connectivity index (χ0v) is 25.4. The van der Waals surface area contributed by atoms with Gasteiger partial charge in [-0.2, -0.15) is 0 Å². The normalized spacial score (nSPS) is 16.3. The monoisotopic (exact) mass is 571 g/mol. The third kappa shape index (κ3) is 7.10. The van der Waals surface area contributed by atoms with Crippen LogP contribution >= 0.6 is 22.9 Å². The van der Waals surface area contributed by atoms with Crippen LogP contribution in [0.3, 0.4) is 0 Å². The third-order valence-corrected chi connectivity index (χ3v) is 8.11. The third-order valence-electron chi connectivity index (χ3n) is 7.02. The van der Waals surface area contributed by atoms with Gasteiger partial charge < -0.3 is 19.5 Å². The maximum Gasteiger partial charge on any atom is 0.337 e. The van der Waals surface area contributed by atoms with E-state index in [1.165, 1.54) is 11.3 Å². The molecule has 0 radical (unpaired) electrons. The molecule has 0 unspecified atom stereocenters. The molecule has 9 heteroatoms. The van der Waals surface area contributed by atoms with Gasteiger partial charge >= 0.3 is 5.97 Å². The van der Waals surface area contributed by atoms with Crippen molar-refractivity contribution in [3.8, 4) is 16.9 Å². The Morgan fingerprint density at radius 2 is 1.79 bits per heavy atom. The number of rotatable bonds is 8. The first-order chi connectivity index (χ1) is 18.2. The zero-order chi connectivity index (χ0) is 28.5. The number of anilines is 1. The van der Waals surface area contributed by atoms with Crippen molar-refractivity contribution < 1.29 is 19.4 Å². The number of ether oxygens (including phenoxy) is 2. The number of aryl methyl sites for hydroxylation is 2. The van der Waals surface area contributed by atoms with E-state index in [0.29, 0.717) is 22.3 Å². The molecule has 1 saturated heterocycles. The van der Waals surface area contributed by atoms with Crippen molar-refractivity contribution in [2.45, 2.75) is 79.6 Å². The standard InChI is InChI=1S/C30H38ClN3O4S/c1-18-23(20-8-10-21(11-9-20)37-17-22-16-32-28(31)39-22)25(34-14-12-30(6,7)13-15-34)24(19(2)33-18)26(27(35)36)38-29(3,4)5/h8-11,16,26H,12-15,17H2,1-7H3,(H,35,36)/t26-/m0/s1. The van der Waals surface area contributed by atoms with Crippen LogP contribution in [0.15, 0.2) is 30.5 Å². The Bertz CT molecular complexity index is 1320. The Hall–Kier alpha value is -2.68. The Morgan fingerprint density at radius 1 is 1.15 bits per heavy atom. The minimum Gasteiger partial charge on any atom is -0.488 e. The molecule has 0 bridgehead atoms. The van der Waals surface area contributed by atoms with E-state index >= 15 is 0 Å². The van der Waals surface area contributed by atoms with Gasteiger partial charge in [-0.25, -0.2) is 9.78 Å². The minimum atomic E-state index is -1.14. The lowest BCUT2D eigenvalue weighted by Crippen LogP contribution is -2.39. The fourth-order valence-electron chi connectivity index (χ4n) is 4.98. The second kappa shape index (κ2) is 11.4. The summed E-state index contributed by atoms with van der Waals surface area (Å²) in [7, 11) is 0. The summed E-state index contributed by atoms with van der Waals surface area (Å²) in [5.41, 5.74) is 4.53. The minimum absolute atomic E-state index is 0.239. The molecule has 4 rings (SSSR count). The van der Waals surface area contributed by atoms with Crippen LogP contribution in [-0.4, -0.2) is 39.7 Å². The number of halogens is 1. The molecule has 1 aliphatic heterocycles. The fourth-order valence-corrected chi connectivity index (χ4v) is 5.87. The number of carboxylic acids is 1. The summed E-state index contributed by atoms with van der Waals surface area (Å²) in [6.45, 7) is 16.1. The van der Waals surface area contributed by atoms with Crippen molar-refractivity contribution in [1.82, 2.24) is 9.97 Å². The maximum atomic E-state index is 12.6. The molecule has 2 aromatic heterocycles. The molecule has 0 amide bonds. The fraction of sp³-hybridized carbons (Fsp3) is 0.500. The molecule has 7 nitrogen and oxygen atoms in total. The number of benzene rings is 1. The van der Waals surface area contributed by atoms with E-state index < -0.39 is 17.7 Å². The van der Waals surface area contributed by atoms with Gasteiger partial charge in [0.05, 0.1) is 16.2 Å². The van der Waals surface area contributed by atoms with Crippen molar-refractivity contribution in [3.63, 3.8) is 0 Å². The van der Waals surface area contributed by atoms with Crippen LogP contribution < -0.4 is 9.64 Å². The predicted octanol–water partition coefficient (Wildman–Crippen LogP) is 7.62. The lowest BCUT2D eigenvalue weighted by atomic mass is 9.82. The summed E-state index contributed by atoms with van der Waals surface area (Å²) in [4.78, 5) is 24.8. The van der Waals surface area contributed by atoms with Crippen molar-refractivity contribution in [2.24, 2.45) is 5.41 Å². The van der Waals surface area contributed by atoms with Gasteiger partial charge in [0.1, 0.15) is 12.4 Å². The number of nitrogens with zero attached hydrogens (tertiary/aromatic N) is 3. The number of carboxylic acid groups (broad SMARTS) is 1. The number of aromatic nitrogens is 2. The first-order valence-electron chi connectivity index (χ1n) is 13.2. The van der Waals surface area contributed by atoms with E-state index in [1.54, 1.807) is 6.20 Å². The van der Waals surface area contributed by atoms with Gasteiger partial charge in [-0.15, -0.1) is 11.3 Å². The highest BCUT2D eigenvalue weighted by atomic mass is 35.5. The van der Waals surface area contributed by atoms with Gasteiger partial charge in [0.15, 0.2) is 10.6 Å². The molecule has 210 valence electrons. The average Bonchev–Trinajstić information content (AvgIpc) is 3.26. The van der Waals surface area contributed by atoms with E-state index in [-0.39, 0.29) is 5.41 Å². The predicted molar refractivity (Wildman–Crippen MR) is 157 cm³/mol. The molecule has 1 fully saturated rings. The number of pyridine rings is 1. The topological polar surface area (TPSA) is 84.8 Å². The molecular formula is C30H38ClN3O4S. The van der Waals surface area contributed by atoms with Crippen LogP contribution in [0.4, 0.5) is 5.69 Å². The first-order valence-corrected chi connectivity index (χ1v) is 14.4. The van der Waals surface area contributed by atoms with Crippen molar-refractivity contribution >= 4 is 34.6 Å². The maximum absolute atomic E-state index is 12.6. The first kappa shape index (κ1) is 29.3. The summed E-state index contributed by atoms with van der Waals surface area (Å²) in [5, 5.41) is 10.3. The average molecular weight is 572 g/mol. The second-order valence-electron chi connectivity index (χ2n) is 11.9. The van der Waals surface area contributed by atoms with Crippen LogP contribution in [-0.2, 0) is 16.1 Å². The van der Waals surface area contributed by atoms with E-state index in [0.717, 1.165) is 59.1 Å². The second-order valence-corrected chi connectivity index (χ2v) is 13.6. The largest absolute Gasteiger partial charge is 0.488 e. The van der Waals surface area contributed by atoms with Crippen molar-refractivity contribution in [1.29, 1.82) is 0 Å². The number of carbonyl (C=O) groups is 1. The molecule has 0 aliphatic carbocycles. The molecule has 1 N–H and O–H groups in total. The Balaban J connectivity index is 1.79. The highest BCUT2D eigenvalue weighted by Gasteiger charge is 2.36. The van der Waals surface area contributed by atoms with Gasteiger partial charge in [0.25, 0.3) is 0 Å². The number of hydrogen-bond acceptors (Lipinski definition) is 7. The van der Waals surface area contributed by atoms with Crippen molar-refractivity contribution in [3.05, 3.63) is 56.8 Å². The van der Waals surface area contributed by atoms with Crippen LogP contribution in [0.2, 0.25) is 4.47 Å². The summed E-state index contributed by atoms with van der Waals surface area (Å²) in [5.74, 6) is -0.294. The van der Waals surface area contributed by atoms with Crippen LogP contribution in [0.25, 0.3) is 11.1 Å². The van der Waals surface area contributed by atoms with E-state index in [9.17, 15) is 9.90 Å². The molecule has 39 heavy (non-hydrogen) atoms. The number of piperidine rings is 1. The van der Waals surface area contributed by atoms with Crippen LogP contribution in [0.1, 0.15) is 75.4 Å². The molecule has 1 atom stereocenters. The van der Waals surface area contributed by atoms with Gasteiger partial charge in [0, 0.05) is 41.8 Å². The number of aliphatic carboxylic acids is 1. The van der Waals surface area contributed by atoms with E-state index in [4.69, 9.17) is 26.1 Å². The van der Waals surface area contributed by atoms with Gasteiger partial charge in [-0.05, 0) is 70.6 Å². The van der Waals surface area contributed by atoms with Crippen molar-refractivity contribution in [2.75, 3.05) is 18.0 Å². The Morgan fingerprint density at radius 3 is 2.33 bits per heavy atom. The van der Waals surface area contributed by atoms with Gasteiger partial charge in [-0.3, -0.25) is 4.98 Å². The molecule has 3 aromatic rings. The molecule has 3 heterocycles. The molecule has 0 saturated carbocycles. The summed E-state index contributed by atoms with van der Waals surface area (Å²) in [6.07, 6.45) is 2.60. The lowest BCUT2D eigenvalue weighted by Gasteiger charge is -2.41. The summed E-state index contributed by atoms with van der Waals surface area (Å²) in [6, 6.07) is 7.88. The quantitative estimate of drug-likeness (QED) is 0.297. The van der Waals surface area contributed by atoms with E-state index in [1.807, 2.05) is 58.9 Å². The van der Waals surface area contributed by atoms with E-state index in [2.05, 4.69) is 23.7 Å². The molecular weight excluding hydrogens is 534 g/mol. The molecule has 1 aliphatic rings. The van der Waals surface area contributed by atoms with Crippen LogP contribution in [0, 0.1) is 19.3 Å². The molecule has 1 aromatic carbocycles. The Labute approximate surface area is 240 Å². The highest BCUT2D eigenvalue weighted by molar-refractivity contribution is 7.15. The lowest BCUT2D eigenvalue weighted by molar-refractivity contribution is -0.160. The summed E-state index contributed by atoms with van der Waals surface area (Å²) >= 11 is 7.33. The number of thiazole rings is 1. The molecule has 0 spiro atoms. The zero-order valence-electron chi connectivity index (χ0n) is 23.8.